The van der Waals surface area contributed by atoms with Crippen LogP contribution < -0.4 is 4.90 Å². The second-order valence-corrected chi connectivity index (χ2v) is 5.84. The molecule has 0 unspecified atom stereocenters. The fraction of sp³-hybridized carbons (Fsp3) is 0.562. The third kappa shape index (κ3) is 3.20. The van der Waals surface area contributed by atoms with Crippen molar-refractivity contribution in [3.63, 3.8) is 0 Å². The zero-order chi connectivity index (χ0) is 15.5. The molecule has 2 saturated heterocycles. The van der Waals surface area contributed by atoms with E-state index in [0.717, 1.165) is 24.5 Å². The first-order valence-electron chi connectivity index (χ1n) is 8.14. The number of piperidine rings is 1. The molecule has 0 saturated carbocycles. The maximum absolute atomic E-state index is 5.57. The van der Waals surface area contributed by atoms with Crippen LogP contribution in [0.3, 0.4) is 0 Å². The average molecular weight is 316 g/mol. The summed E-state index contributed by atoms with van der Waals surface area (Å²) in [6.45, 7) is 3.77. The van der Waals surface area contributed by atoms with E-state index in [4.69, 9.17) is 14.0 Å². The van der Waals surface area contributed by atoms with Gasteiger partial charge in [0.1, 0.15) is 5.82 Å². The van der Waals surface area contributed by atoms with E-state index >= 15 is 0 Å². The van der Waals surface area contributed by atoms with Crippen LogP contribution in [0.4, 0.5) is 5.82 Å². The number of ether oxygens (including phenoxy) is 2. The van der Waals surface area contributed by atoms with Crippen molar-refractivity contribution < 1.29 is 14.0 Å². The Morgan fingerprint density at radius 1 is 1.09 bits per heavy atom. The third-order valence-electron chi connectivity index (χ3n) is 4.22. The molecule has 7 heteroatoms. The maximum atomic E-state index is 5.57. The van der Waals surface area contributed by atoms with Gasteiger partial charge in [-0.05, 0) is 31.4 Å². The Hall–Kier alpha value is -1.99. The molecule has 2 aromatic heterocycles. The Morgan fingerprint density at radius 2 is 2.00 bits per heavy atom. The first kappa shape index (κ1) is 14.6. The Morgan fingerprint density at radius 3 is 2.74 bits per heavy atom. The van der Waals surface area contributed by atoms with E-state index < -0.39 is 0 Å². The third-order valence-corrected chi connectivity index (χ3v) is 4.22. The van der Waals surface area contributed by atoms with E-state index in [1.807, 2.05) is 12.1 Å². The van der Waals surface area contributed by atoms with Crippen molar-refractivity contribution in [1.82, 2.24) is 15.1 Å². The monoisotopic (exact) mass is 316 g/mol. The molecular weight excluding hydrogens is 296 g/mol. The number of rotatable bonds is 3. The zero-order valence-corrected chi connectivity index (χ0v) is 13.0. The van der Waals surface area contributed by atoms with Crippen LogP contribution in [-0.2, 0) is 9.47 Å². The standard InChI is InChI=1S/C16H20N4O3/c1-2-6-20(7-3-1)14-5-4-12(10-17-14)15-18-16(23-19-15)13-11-21-8-9-22-13/h4-5,10,13H,1-3,6-9,11H2/t13-/m1/s1. The van der Waals surface area contributed by atoms with Crippen molar-refractivity contribution >= 4 is 5.82 Å². The van der Waals surface area contributed by atoms with Gasteiger partial charge in [-0.3, -0.25) is 0 Å². The van der Waals surface area contributed by atoms with Crippen LogP contribution in [0.25, 0.3) is 11.4 Å². The predicted octanol–water partition coefficient (Wildman–Crippen LogP) is 2.21. The molecule has 0 radical (unpaired) electrons. The van der Waals surface area contributed by atoms with Gasteiger partial charge < -0.3 is 18.9 Å². The van der Waals surface area contributed by atoms with Crippen molar-refractivity contribution in [2.75, 3.05) is 37.8 Å². The lowest BCUT2D eigenvalue weighted by molar-refractivity contribution is -0.101. The zero-order valence-electron chi connectivity index (χ0n) is 13.0. The molecule has 0 spiro atoms. The molecule has 0 N–H and O–H groups in total. The highest BCUT2D eigenvalue weighted by Crippen LogP contribution is 2.24. The molecule has 2 aliphatic rings. The highest BCUT2D eigenvalue weighted by Gasteiger charge is 2.23. The van der Waals surface area contributed by atoms with Gasteiger partial charge in [-0.25, -0.2) is 4.98 Å². The summed E-state index contributed by atoms with van der Waals surface area (Å²) in [6, 6.07) is 4.01. The van der Waals surface area contributed by atoms with Gasteiger partial charge in [0, 0.05) is 24.8 Å². The van der Waals surface area contributed by atoms with E-state index in [-0.39, 0.29) is 6.10 Å². The summed E-state index contributed by atoms with van der Waals surface area (Å²) in [5.74, 6) is 2.01. The van der Waals surface area contributed by atoms with Gasteiger partial charge in [-0.2, -0.15) is 4.98 Å². The predicted molar refractivity (Wildman–Crippen MR) is 83.1 cm³/mol. The topological polar surface area (TPSA) is 73.5 Å². The van der Waals surface area contributed by atoms with E-state index in [0.29, 0.717) is 31.5 Å². The second-order valence-electron chi connectivity index (χ2n) is 5.84. The van der Waals surface area contributed by atoms with Gasteiger partial charge in [-0.15, -0.1) is 0 Å². The summed E-state index contributed by atoms with van der Waals surface area (Å²) < 4.78 is 16.2. The highest BCUT2D eigenvalue weighted by molar-refractivity contribution is 5.55. The molecule has 122 valence electrons. The number of anilines is 1. The quantitative estimate of drug-likeness (QED) is 0.859. The molecule has 2 aromatic rings. The minimum atomic E-state index is -0.273. The van der Waals surface area contributed by atoms with E-state index in [1.165, 1.54) is 19.3 Å². The number of hydrogen-bond acceptors (Lipinski definition) is 7. The van der Waals surface area contributed by atoms with Gasteiger partial charge in [0.15, 0.2) is 6.10 Å². The van der Waals surface area contributed by atoms with Crippen molar-refractivity contribution in [1.29, 1.82) is 0 Å². The minimum Gasteiger partial charge on any atom is -0.376 e. The summed E-state index contributed by atoms with van der Waals surface area (Å²) in [5, 5.41) is 4.03. The van der Waals surface area contributed by atoms with Crippen molar-refractivity contribution in [3.05, 3.63) is 24.2 Å². The maximum Gasteiger partial charge on any atom is 0.258 e. The molecule has 2 fully saturated rings. The summed E-state index contributed by atoms with van der Waals surface area (Å²) in [6.07, 6.45) is 5.32. The molecule has 0 bridgehead atoms. The van der Waals surface area contributed by atoms with Crippen LogP contribution in [0, 0.1) is 0 Å². The molecule has 2 aliphatic heterocycles. The first-order valence-corrected chi connectivity index (χ1v) is 8.14. The van der Waals surface area contributed by atoms with Crippen LogP contribution >= 0.6 is 0 Å². The Labute approximate surface area is 134 Å². The van der Waals surface area contributed by atoms with E-state index in [2.05, 4.69) is 20.0 Å². The number of hydrogen-bond donors (Lipinski definition) is 0. The van der Waals surface area contributed by atoms with Crippen LogP contribution in [-0.4, -0.2) is 48.0 Å². The molecule has 23 heavy (non-hydrogen) atoms. The average Bonchev–Trinajstić information content (AvgIpc) is 3.14. The van der Waals surface area contributed by atoms with Crippen LogP contribution in [0.1, 0.15) is 31.3 Å². The van der Waals surface area contributed by atoms with Crippen molar-refractivity contribution in [2.45, 2.75) is 25.4 Å². The smallest absolute Gasteiger partial charge is 0.258 e. The van der Waals surface area contributed by atoms with Crippen LogP contribution in [0.15, 0.2) is 22.9 Å². The molecule has 0 aliphatic carbocycles. The lowest BCUT2D eigenvalue weighted by Crippen LogP contribution is -2.29. The molecule has 0 aromatic carbocycles. The Bertz CT molecular complexity index is 631. The van der Waals surface area contributed by atoms with Crippen molar-refractivity contribution in [3.8, 4) is 11.4 Å². The molecule has 4 rings (SSSR count). The largest absolute Gasteiger partial charge is 0.376 e. The van der Waals surface area contributed by atoms with Crippen molar-refractivity contribution in [2.24, 2.45) is 0 Å². The molecule has 1 atom stereocenters. The number of nitrogens with zero attached hydrogens (tertiary/aromatic N) is 4. The highest BCUT2D eigenvalue weighted by atomic mass is 16.6. The van der Waals surface area contributed by atoms with Crippen LogP contribution in [0.2, 0.25) is 0 Å². The lowest BCUT2D eigenvalue weighted by atomic mass is 10.1. The van der Waals surface area contributed by atoms with Gasteiger partial charge >= 0.3 is 0 Å². The second kappa shape index (κ2) is 6.64. The fourth-order valence-corrected chi connectivity index (χ4v) is 2.94. The number of pyridine rings is 1. The van der Waals surface area contributed by atoms with Gasteiger partial charge in [0.05, 0.1) is 19.8 Å². The summed E-state index contributed by atoms with van der Waals surface area (Å²) in [5.41, 5.74) is 0.845. The van der Waals surface area contributed by atoms with Gasteiger partial charge in [0.25, 0.3) is 5.89 Å². The summed E-state index contributed by atoms with van der Waals surface area (Å²) in [7, 11) is 0. The molecule has 0 amide bonds. The van der Waals surface area contributed by atoms with Crippen LogP contribution in [0.5, 0.6) is 0 Å². The van der Waals surface area contributed by atoms with E-state index in [1.54, 1.807) is 6.20 Å². The Kier molecular flexibility index (Phi) is 4.21. The first-order chi connectivity index (χ1) is 11.4. The normalized spacial score (nSPS) is 22.3. The minimum absolute atomic E-state index is 0.273. The number of aromatic nitrogens is 3. The van der Waals surface area contributed by atoms with Gasteiger partial charge in [0.2, 0.25) is 5.82 Å². The fourth-order valence-electron chi connectivity index (χ4n) is 2.94. The Balaban J connectivity index is 1.48. The summed E-state index contributed by atoms with van der Waals surface area (Å²) in [4.78, 5) is 11.3. The van der Waals surface area contributed by atoms with Gasteiger partial charge in [-0.1, -0.05) is 5.16 Å². The molecule has 4 heterocycles. The lowest BCUT2D eigenvalue weighted by Gasteiger charge is -2.27. The summed E-state index contributed by atoms with van der Waals surface area (Å²) >= 11 is 0. The molecular formula is C16H20N4O3. The molecule has 7 nitrogen and oxygen atoms in total. The van der Waals surface area contributed by atoms with E-state index in [9.17, 15) is 0 Å². The SMILES string of the molecule is c1cc(N2CCCCC2)ncc1-c1noc([C@H]2COCCO2)n1.